The van der Waals surface area contributed by atoms with E-state index in [-0.39, 0.29) is 11.8 Å². The van der Waals surface area contributed by atoms with E-state index in [1.165, 1.54) is 0 Å². The highest BCUT2D eigenvalue weighted by molar-refractivity contribution is 5.96. The fraction of sp³-hybridized carbons (Fsp3) is 0.400. The van der Waals surface area contributed by atoms with Crippen molar-refractivity contribution in [1.82, 2.24) is 15.0 Å². The van der Waals surface area contributed by atoms with Gasteiger partial charge in [0, 0.05) is 25.1 Å². The van der Waals surface area contributed by atoms with Crippen LogP contribution in [0.25, 0.3) is 0 Å². The summed E-state index contributed by atoms with van der Waals surface area (Å²) >= 11 is 0. The maximum absolute atomic E-state index is 13.1. The Morgan fingerprint density at radius 2 is 1.64 bits per heavy atom. The molecule has 1 fully saturated rings. The molecule has 1 aliphatic heterocycles. The van der Waals surface area contributed by atoms with Gasteiger partial charge in [0.05, 0.1) is 25.7 Å². The van der Waals surface area contributed by atoms with Gasteiger partial charge in [0.25, 0.3) is 5.91 Å². The summed E-state index contributed by atoms with van der Waals surface area (Å²) in [5, 5.41) is 4.10. The SMILES string of the molecule is CCOc1cc(C(=O)N2CC(c3nc(Cc4ccccc4)no3)C2)cc(OCC)c1OCC. The summed E-state index contributed by atoms with van der Waals surface area (Å²) in [7, 11) is 0. The van der Waals surface area contributed by atoms with Crippen LogP contribution in [0.15, 0.2) is 47.0 Å². The Bertz CT molecular complexity index is 1050. The van der Waals surface area contributed by atoms with E-state index < -0.39 is 0 Å². The first-order valence-corrected chi connectivity index (χ1v) is 11.3. The van der Waals surface area contributed by atoms with Gasteiger partial charge in [-0.2, -0.15) is 4.98 Å². The Labute approximate surface area is 193 Å². The minimum atomic E-state index is -0.0970. The molecule has 8 heteroatoms. The third-order valence-electron chi connectivity index (χ3n) is 5.36. The molecule has 1 saturated heterocycles. The van der Waals surface area contributed by atoms with E-state index in [4.69, 9.17) is 18.7 Å². The predicted octanol–water partition coefficient (Wildman–Crippen LogP) is 4.10. The highest BCUT2D eigenvalue weighted by Crippen LogP contribution is 2.40. The number of aromatic nitrogens is 2. The fourth-order valence-electron chi connectivity index (χ4n) is 3.78. The molecule has 2 aromatic carbocycles. The number of ether oxygens (including phenoxy) is 3. The lowest BCUT2D eigenvalue weighted by atomic mass is 9.98. The Morgan fingerprint density at radius 3 is 2.24 bits per heavy atom. The molecule has 3 aromatic rings. The molecular weight excluding hydrogens is 422 g/mol. The van der Waals surface area contributed by atoms with E-state index in [1.54, 1.807) is 17.0 Å². The summed E-state index contributed by atoms with van der Waals surface area (Å²) in [5.74, 6) is 2.70. The molecule has 0 radical (unpaired) electrons. The fourth-order valence-corrected chi connectivity index (χ4v) is 3.78. The number of carbonyl (C=O) groups is 1. The van der Waals surface area contributed by atoms with Crippen LogP contribution >= 0.6 is 0 Å². The van der Waals surface area contributed by atoms with Crippen molar-refractivity contribution in [3.05, 3.63) is 65.3 Å². The number of benzene rings is 2. The van der Waals surface area contributed by atoms with Gasteiger partial charge in [0.15, 0.2) is 17.3 Å². The number of amides is 1. The highest BCUT2D eigenvalue weighted by Gasteiger charge is 2.36. The molecule has 0 saturated carbocycles. The molecule has 33 heavy (non-hydrogen) atoms. The van der Waals surface area contributed by atoms with Crippen molar-refractivity contribution < 1.29 is 23.5 Å². The second kappa shape index (κ2) is 10.4. The molecule has 2 heterocycles. The normalized spacial score (nSPS) is 13.5. The molecule has 0 bridgehead atoms. The molecule has 0 unspecified atom stereocenters. The van der Waals surface area contributed by atoms with Gasteiger partial charge in [-0.05, 0) is 38.5 Å². The number of hydrogen-bond acceptors (Lipinski definition) is 7. The van der Waals surface area contributed by atoms with Crippen LogP contribution in [-0.4, -0.2) is 53.9 Å². The Kier molecular flexibility index (Phi) is 7.12. The summed E-state index contributed by atoms with van der Waals surface area (Å²) in [4.78, 5) is 19.4. The van der Waals surface area contributed by atoms with Crippen LogP contribution in [0, 0.1) is 0 Å². The van der Waals surface area contributed by atoms with Gasteiger partial charge in [-0.25, -0.2) is 0 Å². The number of likely N-dealkylation sites (tertiary alicyclic amines) is 1. The molecule has 1 amide bonds. The van der Waals surface area contributed by atoms with Crippen molar-refractivity contribution >= 4 is 5.91 Å². The number of nitrogens with zero attached hydrogens (tertiary/aromatic N) is 3. The number of rotatable bonds is 10. The summed E-state index contributed by atoms with van der Waals surface area (Å²) in [6.45, 7) is 8.10. The molecule has 1 aliphatic rings. The maximum Gasteiger partial charge on any atom is 0.254 e. The largest absolute Gasteiger partial charge is 0.490 e. The highest BCUT2D eigenvalue weighted by atomic mass is 16.5. The summed E-state index contributed by atoms with van der Waals surface area (Å²) in [6.07, 6.45) is 0.617. The molecular formula is C25H29N3O5. The van der Waals surface area contributed by atoms with Crippen LogP contribution in [0.4, 0.5) is 0 Å². The Balaban J connectivity index is 1.44. The topological polar surface area (TPSA) is 86.9 Å². The molecule has 174 valence electrons. The lowest BCUT2D eigenvalue weighted by Gasteiger charge is -2.37. The van der Waals surface area contributed by atoms with Crippen LogP contribution in [0.2, 0.25) is 0 Å². The van der Waals surface area contributed by atoms with Crippen molar-refractivity contribution in [2.24, 2.45) is 0 Å². The van der Waals surface area contributed by atoms with E-state index in [0.29, 0.717) is 73.9 Å². The third kappa shape index (κ3) is 5.10. The van der Waals surface area contributed by atoms with Gasteiger partial charge in [0.1, 0.15) is 0 Å². The Morgan fingerprint density at radius 1 is 1.00 bits per heavy atom. The van der Waals surface area contributed by atoms with E-state index in [0.717, 1.165) is 5.56 Å². The second-order valence-corrected chi connectivity index (χ2v) is 7.72. The lowest BCUT2D eigenvalue weighted by molar-refractivity contribution is 0.0568. The molecule has 0 spiro atoms. The Hall–Kier alpha value is -3.55. The predicted molar refractivity (Wildman–Crippen MR) is 122 cm³/mol. The quantitative estimate of drug-likeness (QED) is 0.459. The minimum absolute atomic E-state index is 0.0337. The van der Waals surface area contributed by atoms with Crippen LogP contribution in [0.1, 0.15) is 54.3 Å². The zero-order valence-corrected chi connectivity index (χ0v) is 19.2. The first-order chi connectivity index (χ1) is 16.1. The smallest absolute Gasteiger partial charge is 0.254 e. The van der Waals surface area contributed by atoms with Gasteiger partial charge in [-0.1, -0.05) is 35.5 Å². The summed E-state index contributed by atoms with van der Waals surface area (Å²) in [6, 6.07) is 13.5. The van der Waals surface area contributed by atoms with Crippen molar-refractivity contribution in [3.63, 3.8) is 0 Å². The van der Waals surface area contributed by atoms with Gasteiger partial charge in [-0.15, -0.1) is 0 Å². The maximum atomic E-state index is 13.1. The standard InChI is InChI=1S/C25H29N3O5/c1-4-30-20-13-18(14-21(31-5-2)23(20)32-6-3)25(29)28-15-19(16-28)24-26-22(27-33-24)12-17-10-8-7-9-11-17/h7-11,13-14,19H,4-6,12,15-16H2,1-3H3. The lowest BCUT2D eigenvalue weighted by Crippen LogP contribution is -2.48. The van der Waals surface area contributed by atoms with E-state index in [1.807, 2.05) is 51.1 Å². The first kappa shape index (κ1) is 22.6. The summed E-state index contributed by atoms with van der Waals surface area (Å²) < 4.78 is 22.7. The number of carbonyl (C=O) groups excluding carboxylic acids is 1. The van der Waals surface area contributed by atoms with Crippen LogP contribution in [0.3, 0.4) is 0 Å². The van der Waals surface area contributed by atoms with Crippen LogP contribution in [-0.2, 0) is 6.42 Å². The van der Waals surface area contributed by atoms with E-state index in [9.17, 15) is 4.79 Å². The van der Waals surface area contributed by atoms with Crippen molar-refractivity contribution in [1.29, 1.82) is 0 Å². The van der Waals surface area contributed by atoms with Crippen molar-refractivity contribution in [2.75, 3.05) is 32.9 Å². The summed E-state index contributed by atoms with van der Waals surface area (Å²) in [5.41, 5.74) is 1.63. The van der Waals surface area contributed by atoms with Gasteiger partial charge in [0.2, 0.25) is 11.6 Å². The van der Waals surface area contributed by atoms with Crippen molar-refractivity contribution in [3.8, 4) is 17.2 Å². The molecule has 8 nitrogen and oxygen atoms in total. The average molecular weight is 452 g/mol. The monoisotopic (exact) mass is 451 g/mol. The second-order valence-electron chi connectivity index (χ2n) is 7.72. The zero-order valence-electron chi connectivity index (χ0n) is 19.2. The molecule has 4 rings (SSSR count). The van der Waals surface area contributed by atoms with E-state index >= 15 is 0 Å². The zero-order chi connectivity index (χ0) is 23.2. The van der Waals surface area contributed by atoms with Crippen molar-refractivity contribution in [2.45, 2.75) is 33.1 Å². The van der Waals surface area contributed by atoms with E-state index in [2.05, 4.69) is 10.1 Å². The van der Waals surface area contributed by atoms with Crippen LogP contribution in [0.5, 0.6) is 17.2 Å². The molecule has 0 N–H and O–H groups in total. The third-order valence-corrected chi connectivity index (χ3v) is 5.36. The average Bonchev–Trinajstić information content (AvgIpc) is 3.23. The minimum Gasteiger partial charge on any atom is -0.490 e. The van der Waals surface area contributed by atoms with Crippen LogP contribution < -0.4 is 14.2 Å². The molecule has 1 aromatic heterocycles. The molecule has 0 aliphatic carbocycles. The molecule has 0 atom stereocenters. The van der Waals surface area contributed by atoms with Gasteiger partial charge >= 0.3 is 0 Å². The van der Waals surface area contributed by atoms with Gasteiger partial charge in [-0.3, -0.25) is 4.79 Å². The number of hydrogen-bond donors (Lipinski definition) is 0. The van der Waals surface area contributed by atoms with Gasteiger partial charge < -0.3 is 23.6 Å². The first-order valence-electron chi connectivity index (χ1n) is 11.3.